The molecule has 0 radical (unpaired) electrons. The number of hydrogen-bond acceptors (Lipinski definition) is 10. The van der Waals surface area contributed by atoms with Crippen LogP contribution in [0.15, 0.2) is 30.9 Å². The molecule has 4 amide bonds. The first-order chi connectivity index (χ1) is 20.9. The summed E-state index contributed by atoms with van der Waals surface area (Å²) in [5.41, 5.74) is 6.02. The third-order valence-electron chi connectivity index (χ3n) is 6.25. The fourth-order valence-electron chi connectivity index (χ4n) is 4.15. The van der Waals surface area contributed by atoms with Crippen LogP contribution < -0.4 is 27.0 Å². The predicted octanol–water partition coefficient (Wildman–Crippen LogP) is 0.447. The molecule has 0 aliphatic rings. The van der Waals surface area contributed by atoms with E-state index in [2.05, 4.69) is 36.2 Å². The number of amides is 4. The van der Waals surface area contributed by atoms with Crippen molar-refractivity contribution in [2.75, 3.05) is 34.9 Å². The molecule has 0 atom stereocenters. The molecule has 0 spiro atoms. The van der Waals surface area contributed by atoms with Gasteiger partial charge in [0.1, 0.15) is 5.69 Å². The number of methoxy groups -OCH3 is 1. The van der Waals surface area contributed by atoms with Gasteiger partial charge in [0.25, 0.3) is 17.7 Å². The van der Waals surface area contributed by atoms with Crippen LogP contribution in [0.2, 0.25) is 0 Å². The smallest absolute Gasteiger partial charge is 0.354 e. The number of aromatic nitrogens is 7. The second kappa shape index (κ2) is 13.0. The molecule has 4 aromatic rings. The average molecular weight is 609 g/mol. The van der Waals surface area contributed by atoms with Crippen LogP contribution in [-0.2, 0) is 37.7 Å². The van der Waals surface area contributed by atoms with Gasteiger partial charge in [-0.05, 0) is 19.0 Å². The van der Waals surface area contributed by atoms with Crippen molar-refractivity contribution in [2.45, 2.75) is 12.8 Å². The highest BCUT2D eigenvalue weighted by Gasteiger charge is 2.22. The summed E-state index contributed by atoms with van der Waals surface area (Å²) in [4.78, 5) is 75.0. The van der Waals surface area contributed by atoms with Crippen molar-refractivity contribution in [3.05, 3.63) is 54.0 Å². The maximum Gasteiger partial charge on any atom is 0.354 e. The summed E-state index contributed by atoms with van der Waals surface area (Å²) in [6.07, 6.45) is 6.66. The highest BCUT2D eigenvalue weighted by molar-refractivity contribution is 6.05. The molecule has 4 rings (SSSR count). The first kappa shape index (κ1) is 31.2. The number of anilines is 4. The minimum absolute atomic E-state index is 0.00657. The number of nitrogens with two attached hydrogens (primary N) is 1. The van der Waals surface area contributed by atoms with E-state index in [1.807, 2.05) is 0 Å². The van der Waals surface area contributed by atoms with Gasteiger partial charge in [0.05, 0.1) is 12.8 Å². The van der Waals surface area contributed by atoms with Crippen molar-refractivity contribution in [1.82, 2.24) is 33.2 Å². The number of nitrogens with zero attached hydrogens (tertiary/aromatic N) is 7. The Kier molecular flexibility index (Phi) is 9.23. The Bertz CT molecular complexity index is 1740. The molecule has 0 aliphatic heterocycles. The van der Waals surface area contributed by atoms with Gasteiger partial charge in [-0.25, -0.2) is 19.7 Å². The fourth-order valence-corrected chi connectivity index (χ4v) is 4.15. The highest BCUT2D eigenvalue weighted by Crippen LogP contribution is 2.17. The van der Waals surface area contributed by atoms with Crippen molar-refractivity contribution in [3.8, 4) is 0 Å². The lowest BCUT2D eigenvalue weighted by molar-refractivity contribution is -0.116. The summed E-state index contributed by atoms with van der Waals surface area (Å²) in [5, 5.41) is 10.4. The van der Waals surface area contributed by atoms with E-state index in [0.29, 0.717) is 18.7 Å². The predicted molar refractivity (Wildman–Crippen MR) is 157 cm³/mol. The van der Waals surface area contributed by atoms with E-state index in [4.69, 9.17) is 10.5 Å². The Morgan fingerprint density at radius 2 is 1.16 bits per heavy atom. The number of carbonyl (C=O) groups excluding carboxylic acids is 5. The molecule has 232 valence electrons. The van der Waals surface area contributed by atoms with E-state index in [-0.39, 0.29) is 52.9 Å². The molecular formula is C26H32N12O6. The monoisotopic (exact) mass is 608 g/mol. The van der Waals surface area contributed by atoms with Crippen LogP contribution in [0.3, 0.4) is 0 Å². The van der Waals surface area contributed by atoms with E-state index >= 15 is 0 Å². The zero-order chi connectivity index (χ0) is 32.1. The summed E-state index contributed by atoms with van der Waals surface area (Å²) in [6.45, 7) is 0.379. The van der Waals surface area contributed by atoms with Crippen LogP contribution >= 0.6 is 0 Å². The largest absolute Gasteiger partial charge is 0.464 e. The van der Waals surface area contributed by atoms with Crippen LogP contribution in [0.5, 0.6) is 0 Å². The molecule has 4 aromatic heterocycles. The zero-order valence-electron chi connectivity index (χ0n) is 24.7. The summed E-state index contributed by atoms with van der Waals surface area (Å²) in [7, 11) is 7.62. The second-order valence-electron chi connectivity index (χ2n) is 9.70. The topological polar surface area (TPSA) is 227 Å². The van der Waals surface area contributed by atoms with Gasteiger partial charge in [0, 0.05) is 59.4 Å². The third-order valence-corrected chi connectivity index (χ3v) is 6.25. The van der Waals surface area contributed by atoms with E-state index < -0.39 is 23.7 Å². The van der Waals surface area contributed by atoms with Crippen molar-refractivity contribution in [3.63, 3.8) is 0 Å². The van der Waals surface area contributed by atoms with Gasteiger partial charge in [-0.3, -0.25) is 19.2 Å². The summed E-state index contributed by atoms with van der Waals surface area (Å²) in [6, 6.07) is 1.46. The Labute approximate surface area is 250 Å². The number of rotatable bonds is 11. The van der Waals surface area contributed by atoms with Gasteiger partial charge in [-0.15, -0.1) is 0 Å². The maximum absolute atomic E-state index is 13.0. The average Bonchev–Trinajstić information content (AvgIpc) is 3.72. The highest BCUT2D eigenvalue weighted by atomic mass is 16.5. The molecule has 0 saturated carbocycles. The quantitative estimate of drug-likeness (QED) is 0.148. The Hall–Kier alpha value is -5.78. The molecule has 4 heterocycles. The van der Waals surface area contributed by atoms with Gasteiger partial charge < -0.3 is 50.0 Å². The number of carbonyl (C=O) groups is 5. The summed E-state index contributed by atoms with van der Waals surface area (Å²) < 4.78 is 10.5. The molecule has 18 nitrogen and oxygen atoms in total. The third kappa shape index (κ3) is 6.98. The number of nitrogens with one attached hydrogen (secondary N) is 4. The van der Waals surface area contributed by atoms with E-state index in [0.717, 1.165) is 0 Å². The number of hydrogen-bond donors (Lipinski definition) is 5. The van der Waals surface area contributed by atoms with Crippen LogP contribution in [0.4, 0.5) is 23.1 Å². The molecule has 0 aliphatic carbocycles. The molecule has 0 saturated heterocycles. The van der Waals surface area contributed by atoms with Crippen LogP contribution in [0.1, 0.15) is 55.2 Å². The van der Waals surface area contributed by atoms with Crippen molar-refractivity contribution in [1.29, 1.82) is 0 Å². The van der Waals surface area contributed by atoms with Crippen molar-refractivity contribution in [2.24, 2.45) is 33.9 Å². The van der Waals surface area contributed by atoms with E-state index in [9.17, 15) is 24.0 Å². The number of aryl methyl sites for hydroxylation is 4. The Morgan fingerprint density at radius 3 is 1.61 bits per heavy atom. The molecular weight excluding hydrogens is 576 g/mol. The fraction of sp³-hybridized carbons (Fsp3) is 0.308. The van der Waals surface area contributed by atoms with Gasteiger partial charge in [0.15, 0.2) is 17.5 Å². The molecule has 18 heteroatoms. The summed E-state index contributed by atoms with van der Waals surface area (Å²) in [5.74, 6) is -2.37. The number of ether oxygens (including phenoxy) is 1. The van der Waals surface area contributed by atoms with Gasteiger partial charge in [-0.1, -0.05) is 0 Å². The second-order valence-corrected chi connectivity index (χ2v) is 9.70. The SMILES string of the molecule is COC(=O)c1cc(NC(=O)c2nc(NC(=O)c3nc(NC(=O)c4nc(NC(=O)CCCN)cn4C)cn3C)cn2C)cn1C. The zero-order valence-corrected chi connectivity index (χ0v) is 24.7. The van der Waals surface area contributed by atoms with Crippen molar-refractivity contribution < 1.29 is 28.7 Å². The maximum atomic E-state index is 13.0. The first-order valence-corrected chi connectivity index (χ1v) is 13.2. The first-order valence-electron chi connectivity index (χ1n) is 13.2. The van der Waals surface area contributed by atoms with E-state index in [1.165, 1.54) is 50.0 Å². The Morgan fingerprint density at radius 1 is 0.705 bits per heavy atom. The normalized spacial score (nSPS) is 10.8. The van der Waals surface area contributed by atoms with Gasteiger partial charge in [0.2, 0.25) is 23.4 Å². The minimum Gasteiger partial charge on any atom is -0.464 e. The van der Waals surface area contributed by atoms with Gasteiger partial charge >= 0.3 is 5.97 Å². The minimum atomic E-state index is -0.650. The lowest BCUT2D eigenvalue weighted by atomic mass is 10.3. The van der Waals surface area contributed by atoms with Crippen LogP contribution in [0, 0.1) is 0 Å². The van der Waals surface area contributed by atoms with Crippen LogP contribution in [-0.4, -0.2) is 76.5 Å². The molecule has 0 bridgehead atoms. The number of esters is 1. The molecule has 0 aromatic carbocycles. The van der Waals surface area contributed by atoms with Crippen molar-refractivity contribution >= 4 is 52.7 Å². The molecule has 44 heavy (non-hydrogen) atoms. The lowest BCUT2D eigenvalue weighted by Gasteiger charge is -2.02. The molecule has 0 fully saturated rings. The number of imidazole rings is 3. The summed E-state index contributed by atoms with van der Waals surface area (Å²) >= 11 is 0. The lowest BCUT2D eigenvalue weighted by Crippen LogP contribution is -2.19. The standard InChI is InChI=1S/C26H32N12O6/c1-35-10-14(9-15(35)26(43)44-5)28-23(40)20-31-17(12-37(20)3)33-25(42)22-32-18(13-38(22)4)34-24(41)21-30-16(11-36(21)2)29-19(39)7-6-8-27/h9-13H,6-8,27H2,1-5H3,(H,28,40)(H,29,39)(H,33,42)(H,34,41). The molecule has 0 unspecified atom stereocenters. The van der Waals surface area contributed by atoms with E-state index in [1.54, 1.807) is 34.4 Å². The Balaban J connectivity index is 1.40. The van der Waals surface area contributed by atoms with Gasteiger partial charge in [-0.2, -0.15) is 0 Å². The molecule has 6 N–H and O–H groups in total. The van der Waals surface area contributed by atoms with Crippen LogP contribution in [0.25, 0.3) is 0 Å².